The molecule has 1 aromatic rings. The van der Waals surface area contributed by atoms with E-state index < -0.39 is 29.6 Å². The molecule has 4 aliphatic heterocycles. The smallest absolute Gasteiger partial charge is 0.246 e. The summed E-state index contributed by atoms with van der Waals surface area (Å²) in [5, 5.41) is 6.35. The molecular formula is C34H48N4O4. The van der Waals surface area contributed by atoms with Crippen molar-refractivity contribution in [3.05, 3.63) is 42.0 Å². The Morgan fingerprint density at radius 2 is 1.74 bits per heavy atom. The molecule has 2 bridgehead atoms. The average molecular weight is 577 g/mol. The van der Waals surface area contributed by atoms with Gasteiger partial charge in [-0.25, -0.2) is 0 Å². The number of rotatable bonds is 9. The van der Waals surface area contributed by atoms with E-state index in [2.05, 4.69) is 36.3 Å². The highest BCUT2D eigenvalue weighted by molar-refractivity contribution is 6.02. The summed E-state index contributed by atoms with van der Waals surface area (Å²) in [6.45, 7) is 8.71. The minimum Gasteiger partial charge on any atom is -0.359 e. The van der Waals surface area contributed by atoms with Crippen LogP contribution >= 0.6 is 0 Å². The van der Waals surface area contributed by atoms with Gasteiger partial charge in [-0.1, -0.05) is 70.7 Å². The zero-order valence-electron chi connectivity index (χ0n) is 25.5. The quantitative estimate of drug-likeness (QED) is 0.419. The maximum Gasteiger partial charge on any atom is 0.246 e. The van der Waals surface area contributed by atoms with Crippen LogP contribution in [-0.2, 0) is 19.1 Å². The van der Waals surface area contributed by atoms with Crippen molar-refractivity contribution in [3.8, 4) is 0 Å². The molecule has 6 atom stereocenters. The van der Waals surface area contributed by atoms with Gasteiger partial charge in [-0.2, -0.15) is 0 Å². The van der Waals surface area contributed by atoms with E-state index in [9.17, 15) is 14.4 Å². The lowest BCUT2D eigenvalue weighted by Crippen LogP contribution is -2.57. The number of ether oxygens (including phenoxy) is 1. The van der Waals surface area contributed by atoms with Gasteiger partial charge in [-0.05, 0) is 62.3 Å². The molecule has 3 amide bonds. The predicted molar refractivity (Wildman–Crippen MR) is 163 cm³/mol. The van der Waals surface area contributed by atoms with E-state index in [1.165, 1.54) is 24.8 Å². The lowest BCUT2D eigenvalue weighted by atomic mass is 9.74. The number of benzene rings is 1. The molecule has 8 nitrogen and oxygen atoms in total. The molecule has 0 aromatic heterocycles. The summed E-state index contributed by atoms with van der Waals surface area (Å²) in [6.07, 6.45) is 13.3. The first kappa shape index (κ1) is 29.4. The summed E-state index contributed by atoms with van der Waals surface area (Å²) >= 11 is 0. The van der Waals surface area contributed by atoms with E-state index >= 15 is 0 Å². The Bertz CT molecular complexity index is 1190. The molecule has 1 aliphatic carbocycles. The van der Waals surface area contributed by atoms with Crippen LogP contribution in [0.15, 0.2) is 36.4 Å². The SMILES string of the molecule is CC[C@@H]1CCCCN1CCN1C(=O)[C@H]2[C@@H](C(=O)Nc3ccc(C(C)C)cc3)[C@H]3C=C[C@@]2(O3)[C@@H]1C(=O)NC1CCCCC1. The Balaban J connectivity index is 1.25. The zero-order valence-corrected chi connectivity index (χ0v) is 25.5. The van der Waals surface area contributed by atoms with Gasteiger partial charge in [0.05, 0.1) is 17.9 Å². The number of hydrogen-bond donors (Lipinski definition) is 2. The second kappa shape index (κ2) is 12.1. The standard InChI is InChI=1S/C34H48N4O4/c1-4-26-12-8-9-19-37(26)20-21-38-30(32(40)36-24-10-6-5-7-11-24)34-18-17-27(42-34)28(29(34)33(38)41)31(39)35-25-15-13-23(14-16-25)22(2)3/h13-18,22,24,26-30H,4-12,19-21H2,1-3H3,(H,35,39)(H,36,40)/t26-,27-,28+,29-,30+,34+/m1/s1. The number of carbonyl (C=O) groups is 3. The number of likely N-dealkylation sites (tertiary alicyclic amines) is 2. The molecule has 3 saturated heterocycles. The van der Waals surface area contributed by atoms with E-state index in [4.69, 9.17) is 4.74 Å². The van der Waals surface area contributed by atoms with Gasteiger partial charge in [0.25, 0.3) is 0 Å². The molecule has 228 valence electrons. The lowest BCUT2D eigenvalue weighted by molar-refractivity contribution is -0.141. The van der Waals surface area contributed by atoms with Gasteiger partial charge >= 0.3 is 0 Å². The van der Waals surface area contributed by atoms with Gasteiger partial charge < -0.3 is 20.3 Å². The molecule has 5 aliphatic rings. The molecule has 4 heterocycles. The van der Waals surface area contributed by atoms with Gasteiger partial charge in [0.2, 0.25) is 17.7 Å². The molecule has 2 N–H and O–H groups in total. The van der Waals surface area contributed by atoms with Crippen LogP contribution in [0.2, 0.25) is 0 Å². The van der Waals surface area contributed by atoms with Crippen LogP contribution in [-0.4, -0.2) is 77.0 Å². The predicted octanol–water partition coefficient (Wildman–Crippen LogP) is 4.61. The van der Waals surface area contributed by atoms with Crippen molar-refractivity contribution in [1.82, 2.24) is 15.1 Å². The molecule has 1 spiro atoms. The summed E-state index contributed by atoms with van der Waals surface area (Å²) in [4.78, 5) is 46.4. The van der Waals surface area contributed by atoms with Gasteiger partial charge in [-0.15, -0.1) is 0 Å². The fourth-order valence-electron chi connectivity index (χ4n) is 8.26. The van der Waals surface area contributed by atoms with Crippen LogP contribution in [0.3, 0.4) is 0 Å². The third kappa shape index (κ3) is 5.30. The van der Waals surface area contributed by atoms with E-state index in [-0.39, 0.29) is 23.8 Å². The van der Waals surface area contributed by atoms with Crippen LogP contribution < -0.4 is 10.6 Å². The normalized spacial score (nSPS) is 32.9. The van der Waals surface area contributed by atoms with Gasteiger partial charge in [-0.3, -0.25) is 19.3 Å². The summed E-state index contributed by atoms with van der Waals surface area (Å²) in [5.74, 6) is -1.49. The van der Waals surface area contributed by atoms with Crippen LogP contribution in [0.4, 0.5) is 5.69 Å². The maximum atomic E-state index is 14.3. The number of hydrogen-bond acceptors (Lipinski definition) is 5. The topological polar surface area (TPSA) is 91.0 Å². The van der Waals surface area contributed by atoms with Gasteiger partial charge in [0, 0.05) is 30.9 Å². The van der Waals surface area contributed by atoms with E-state index in [0.29, 0.717) is 24.2 Å². The average Bonchev–Trinajstić information content (AvgIpc) is 3.64. The monoisotopic (exact) mass is 576 g/mol. The third-order valence-electron chi connectivity index (χ3n) is 10.6. The highest BCUT2D eigenvalue weighted by atomic mass is 16.5. The maximum absolute atomic E-state index is 14.3. The van der Waals surface area contributed by atoms with Crippen molar-refractivity contribution in [2.45, 2.75) is 114 Å². The second-order valence-corrected chi connectivity index (χ2v) is 13.4. The van der Waals surface area contributed by atoms with E-state index in [0.717, 1.165) is 51.6 Å². The number of carbonyl (C=O) groups excluding carboxylic acids is 3. The number of nitrogens with zero attached hydrogens (tertiary/aromatic N) is 2. The summed E-state index contributed by atoms with van der Waals surface area (Å²) in [6, 6.07) is 7.75. The molecule has 1 aromatic carbocycles. The molecule has 4 fully saturated rings. The van der Waals surface area contributed by atoms with Crippen LogP contribution in [0.5, 0.6) is 0 Å². The Morgan fingerprint density at radius 3 is 2.45 bits per heavy atom. The first-order valence-corrected chi connectivity index (χ1v) is 16.4. The number of anilines is 1. The molecular weight excluding hydrogens is 528 g/mol. The highest BCUT2D eigenvalue weighted by Gasteiger charge is 2.72. The van der Waals surface area contributed by atoms with Crippen molar-refractivity contribution < 1.29 is 19.1 Å². The molecule has 8 heteroatoms. The van der Waals surface area contributed by atoms with Crippen LogP contribution in [0.25, 0.3) is 0 Å². The molecule has 1 saturated carbocycles. The fraction of sp³-hybridized carbons (Fsp3) is 0.676. The largest absolute Gasteiger partial charge is 0.359 e. The van der Waals surface area contributed by atoms with E-state index in [1.807, 2.05) is 36.4 Å². The van der Waals surface area contributed by atoms with Crippen molar-refractivity contribution in [2.75, 3.05) is 25.0 Å². The minimum absolute atomic E-state index is 0.126. The van der Waals surface area contributed by atoms with Crippen molar-refractivity contribution in [3.63, 3.8) is 0 Å². The summed E-state index contributed by atoms with van der Waals surface area (Å²) < 4.78 is 6.55. The summed E-state index contributed by atoms with van der Waals surface area (Å²) in [7, 11) is 0. The first-order valence-electron chi connectivity index (χ1n) is 16.4. The molecule has 0 radical (unpaired) electrons. The van der Waals surface area contributed by atoms with Crippen molar-refractivity contribution in [1.29, 1.82) is 0 Å². The Morgan fingerprint density at radius 1 is 1.00 bits per heavy atom. The van der Waals surface area contributed by atoms with Gasteiger partial charge in [0.1, 0.15) is 11.6 Å². The van der Waals surface area contributed by atoms with Crippen molar-refractivity contribution in [2.24, 2.45) is 11.8 Å². The van der Waals surface area contributed by atoms with Gasteiger partial charge in [0.15, 0.2) is 0 Å². The molecule has 6 rings (SSSR count). The number of piperidine rings is 1. The molecule has 0 unspecified atom stereocenters. The zero-order chi connectivity index (χ0) is 29.4. The number of fused-ring (bicyclic) bond motifs is 1. The van der Waals surface area contributed by atoms with Crippen molar-refractivity contribution >= 4 is 23.4 Å². The second-order valence-electron chi connectivity index (χ2n) is 13.4. The third-order valence-corrected chi connectivity index (χ3v) is 10.6. The summed E-state index contributed by atoms with van der Waals surface area (Å²) in [5.41, 5.74) is 0.788. The molecule has 42 heavy (non-hydrogen) atoms. The minimum atomic E-state index is -1.12. The van der Waals surface area contributed by atoms with Crippen LogP contribution in [0.1, 0.15) is 90.0 Å². The Labute approximate surface area is 250 Å². The lowest BCUT2D eigenvalue weighted by Gasteiger charge is -2.38. The first-order chi connectivity index (χ1) is 20.3. The van der Waals surface area contributed by atoms with Crippen LogP contribution in [0, 0.1) is 11.8 Å². The Hall–Kier alpha value is -2.71. The van der Waals surface area contributed by atoms with E-state index in [1.54, 1.807) is 4.90 Å². The fourth-order valence-corrected chi connectivity index (χ4v) is 8.26. The number of amides is 3. The Kier molecular flexibility index (Phi) is 8.47. The highest BCUT2D eigenvalue weighted by Crippen LogP contribution is 2.55. The number of nitrogens with one attached hydrogen (secondary N) is 2.